The normalized spacial score (nSPS) is 10.8. The van der Waals surface area contributed by atoms with E-state index in [4.69, 9.17) is 4.74 Å². The summed E-state index contributed by atoms with van der Waals surface area (Å²) in [5.41, 5.74) is 4.02. The average molecular weight is 391 g/mol. The SMILES string of the molecule is CCCCCOc1ccc(-c2ncc(-c3ccc(CCCC)cc3)cn2)c(O)c1. The Hall–Kier alpha value is -2.88. The van der Waals surface area contributed by atoms with E-state index >= 15 is 0 Å². The third kappa shape index (κ3) is 5.80. The molecule has 0 saturated heterocycles. The molecule has 0 atom stereocenters. The number of benzene rings is 2. The average Bonchev–Trinajstić information content (AvgIpc) is 2.76. The Kier molecular flexibility index (Phi) is 7.62. The van der Waals surface area contributed by atoms with E-state index in [-0.39, 0.29) is 5.75 Å². The fourth-order valence-corrected chi connectivity index (χ4v) is 3.19. The molecule has 0 aliphatic carbocycles. The van der Waals surface area contributed by atoms with Crippen molar-refractivity contribution in [1.82, 2.24) is 9.97 Å². The number of aromatic hydroxyl groups is 1. The minimum Gasteiger partial charge on any atom is -0.507 e. The van der Waals surface area contributed by atoms with Crippen molar-refractivity contribution >= 4 is 0 Å². The van der Waals surface area contributed by atoms with Gasteiger partial charge in [0.15, 0.2) is 5.82 Å². The number of nitrogens with zero attached hydrogens (tertiary/aromatic N) is 2. The summed E-state index contributed by atoms with van der Waals surface area (Å²) in [5.74, 6) is 1.30. The van der Waals surface area contributed by atoms with Crippen LogP contribution >= 0.6 is 0 Å². The number of rotatable bonds is 10. The van der Waals surface area contributed by atoms with E-state index in [9.17, 15) is 5.11 Å². The molecule has 0 unspecified atom stereocenters. The minimum absolute atomic E-state index is 0.131. The van der Waals surface area contributed by atoms with E-state index in [1.807, 2.05) is 12.1 Å². The Morgan fingerprint density at radius 1 is 0.828 bits per heavy atom. The molecule has 152 valence electrons. The molecule has 0 saturated carbocycles. The first-order valence-electron chi connectivity index (χ1n) is 10.6. The Bertz CT molecular complexity index is 890. The fraction of sp³-hybridized carbons (Fsp3) is 0.360. The van der Waals surface area contributed by atoms with Crippen molar-refractivity contribution in [1.29, 1.82) is 0 Å². The van der Waals surface area contributed by atoms with Gasteiger partial charge in [-0.2, -0.15) is 0 Å². The summed E-state index contributed by atoms with van der Waals surface area (Å²) < 4.78 is 5.69. The highest BCUT2D eigenvalue weighted by atomic mass is 16.5. The molecule has 1 N–H and O–H groups in total. The molecule has 0 spiro atoms. The Morgan fingerprint density at radius 3 is 2.21 bits per heavy atom. The van der Waals surface area contributed by atoms with Gasteiger partial charge in [-0.25, -0.2) is 9.97 Å². The molecule has 1 heterocycles. The third-order valence-electron chi connectivity index (χ3n) is 4.98. The molecule has 29 heavy (non-hydrogen) atoms. The smallest absolute Gasteiger partial charge is 0.162 e. The molecule has 0 amide bonds. The van der Waals surface area contributed by atoms with Crippen LogP contribution in [0.5, 0.6) is 11.5 Å². The molecule has 1 aromatic heterocycles. The number of aromatic nitrogens is 2. The van der Waals surface area contributed by atoms with Gasteiger partial charge in [-0.1, -0.05) is 57.4 Å². The lowest BCUT2D eigenvalue weighted by Gasteiger charge is -2.09. The predicted molar refractivity (Wildman–Crippen MR) is 118 cm³/mol. The largest absolute Gasteiger partial charge is 0.507 e. The number of phenols is 1. The predicted octanol–water partition coefficient (Wildman–Crippen LogP) is 6.43. The van der Waals surface area contributed by atoms with Gasteiger partial charge in [0.25, 0.3) is 0 Å². The van der Waals surface area contributed by atoms with E-state index in [2.05, 4.69) is 48.1 Å². The minimum atomic E-state index is 0.131. The van der Waals surface area contributed by atoms with Gasteiger partial charge in [0.2, 0.25) is 0 Å². The number of ether oxygens (including phenoxy) is 1. The molecule has 4 heteroatoms. The lowest BCUT2D eigenvalue weighted by atomic mass is 10.0. The van der Waals surface area contributed by atoms with Crippen LogP contribution < -0.4 is 4.74 Å². The van der Waals surface area contributed by atoms with Crippen molar-refractivity contribution < 1.29 is 9.84 Å². The van der Waals surface area contributed by atoms with Crippen LogP contribution in [0, 0.1) is 0 Å². The Morgan fingerprint density at radius 2 is 1.55 bits per heavy atom. The van der Waals surface area contributed by atoms with Gasteiger partial charge in [-0.05, 0) is 42.5 Å². The van der Waals surface area contributed by atoms with Gasteiger partial charge in [-0.15, -0.1) is 0 Å². The van der Waals surface area contributed by atoms with Gasteiger partial charge in [0.1, 0.15) is 11.5 Å². The van der Waals surface area contributed by atoms with Crippen LogP contribution in [0.4, 0.5) is 0 Å². The molecule has 0 aliphatic heterocycles. The van der Waals surface area contributed by atoms with E-state index in [1.54, 1.807) is 18.5 Å². The van der Waals surface area contributed by atoms with Crippen molar-refractivity contribution in [3.05, 3.63) is 60.4 Å². The van der Waals surface area contributed by atoms with Gasteiger partial charge in [0, 0.05) is 24.0 Å². The lowest BCUT2D eigenvalue weighted by Crippen LogP contribution is -1.97. The van der Waals surface area contributed by atoms with Crippen LogP contribution in [-0.2, 0) is 6.42 Å². The molecule has 2 aromatic carbocycles. The number of hydrogen-bond acceptors (Lipinski definition) is 4. The zero-order chi connectivity index (χ0) is 20.5. The summed E-state index contributed by atoms with van der Waals surface area (Å²) >= 11 is 0. The summed E-state index contributed by atoms with van der Waals surface area (Å²) in [5, 5.41) is 10.4. The van der Waals surface area contributed by atoms with Crippen LogP contribution in [0.3, 0.4) is 0 Å². The lowest BCUT2D eigenvalue weighted by molar-refractivity contribution is 0.304. The summed E-state index contributed by atoms with van der Waals surface area (Å²) in [6, 6.07) is 13.9. The maximum atomic E-state index is 10.4. The molecular formula is C25H30N2O2. The van der Waals surface area contributed by atoms with Crippen LogP contribution in [0.25, 0.3) is 22.5 Å². The summed E-state index contributed by atoms with van der Waals surface area (Å²) in [7, 11) is 0. The van der Waals surface area contributed by atoms with Crippen molar-refractivity contribution in [2.75, 3.05) is 6.61 Å². The second kappa shape index (κ2) is 10.6. The number of hydrogen-bond donors (Lipinski definition) is 1. The molecule has 3 aromatic rings. The highest BCUT2D eigenvalue weighted by molar-refractivity contribution is 5.67. The zero-order valence-electron chi connectivity index (χ0n) is 17.4. The van der Waals surface area contributed by atoms with Gasteiger partial charge in [0.05, 0.1) is 12.2 Å². The van der Waals surface area contributed by atoms with Crippen LogP contribution in [0.15, 0.2) is 54.9 Å². The molecule has 0 radical (unpaired) electrons. The maximum Gasteiger partial charge on any atom is 0.162 e. The van der Waals surface area contributed by atoms with Gasteiger partial charge < -0.3 is 9.84 Å². The molecule has 0 fully saturated rings. The molecule has 0 aliphatic rings. The molecular weight excluding hydrogens is 360 g/mol. The van der Waals surface area contributed by atoms with E-state index in [1.165, 1.54) is 18.4 Å². The van der Waals surface area contributed by atoms with E-state index in [0.29, 0.717) is 23.7 Å². The summed E-state index contributed by atoms with van der Waals surface area (Å²) in [4.78, 5) is 8.92. The van der Waals surface area contributed by atoms with Crippen molar-refractivity contribution in [3.8, 4) is 34.0 Å². The van der Waals surface area contributed by atoms with Gasteiger partial charge >= 0.3 is 0 Å². The monoisotopic (exact) mass is 390 g/mol. The quantitative estimate of drug-likeness (QED) is 0.405. The topological polar surface area (TPSA) is 55.2 Å². The fourth-order valence-electron chi connectivity index (χ4n) is 3.19. The van der Waals surface area contributed by atoms with Crippen molar-refractivity contribution in [2.24, 2.45) is 0 Å². The molecule has 0 bridgehead atoms. The summed E-state index contributed by atoms with van der Waals surface area (Å²) in [6.07, 6.45) is 10.5. The van der Waals surface area contributed by atoms with Crippen LogP contribution in [0.1, 0.15) is 51.5 Å². The second-order valence-electron chi connectivity index (χ2n) is 7.33. The van der Waals surface area contributed by atoms with E-state index < -0.39 is 0 Å². The molecule has 3 rings (SSSR count). The first kappa shape index (κ1) is 20.8. The first-order valence-corrected chi connectivity index (χ1v) is 10.6. The highest BCUT2D eigenvalue weighted by Crippen LogP contribution is 2.31. The highest BCUT2D eigenvalue weighted by Gasteiger charge is 2.10. The summed E-state index contributed by atoms with van der Waals surface area (Å²) in [6.45, 7) is 5.03. The van der Waals surface area contributed by atoms with Crippen LogP contribution in [0.2, 0.25) is 0 Å². The van der Waals surface area contributed by atoms with Crippen molar-refractivity contribution in [2.45, 2.75) is 52.4 Å². The number of unbranched alkanes of at least 4 members (excludes halogenated alkanes) is 3. The third-order valence-corrected chi connectivity index (χ3v) is 4.98. The van der Waals surface area contributed by atoms with Gasteiger partial charge in [-0.3, -0.25) is 0 Å². The Labute approximate surface area is 173 Å². The number of phenolic OH excluding ortho intramolecular Hbond substituents is 1. The standard InChI is InChI=1S/C25H30N2O2/c1-3-5-7-15-29-22-13-14-23(24(28)16-22)25-26-17-21(18-27-25)20-11-9-19(10-12-20)8-6-4-2/h9-14,16-18,28H,3-8,15H2,1-2H3. The second-order valence-corrected chi connectivity index (χ2v) is 7.33. The van der Waals surface area contributed by atoms with E-state index in [0.717, 1.165) is 36.8 Å². The first-order chi connectivity index (χ1) is 14.2. The number of aryl methyl sites for hydroxylation is 1. The Balaban J connectivity index is 1.68. The zero-order valence-corrected chi connectivity index (χ0v) is 17.4. The molecule has 4 nitrogen and oxygen atoms in total. The van der Waals surface area contributed by atoms with Crippen molar-refractivity contribution in [3.63, 3.8) is 0 Å². The van der Waals surface area contributed by atoms with Crippen LogP contribution in [-0.4, -0.2) is 21.7 Å². The maximum absolute atomic E-state index is 10.4.